The highest BCUT2D eigenvalue weighted by Crippen LogP contribution is 2.39. The van der Waals surface area contributed by atoms with Crippen LogP contribution in [0.3, 0.4) is 0 Å². The number of hydrogen-bond acceptors (Lipinski definition) is 5. The molecule has 0 fully saturated rings. The molecule has 6 nitrogen and oxygen atoms in total. The zero-order chi connectivity index (χ0) is 30.8. The number of nitrogens with zero attached hydrogens (tertiary/aromatic N) is 3. The molecular formula is C35H29F2N3O3S. The van der Waals surface area contributed by atoms with E-state index < -0.39 is 22.9 Å². The molecule has 0 bridgehead atoms. The Hall–Kier alpha value is -4.86. The predicted octanol–water partition coefficient (Wildman–Crippen LogP) is 6.85. The number of thiophene rings is 1. The third-order valence-electron chi connectivity index (χ3n) is 7.54. The first-order valence-electron chi connectivity index (χ1n) is 14.0. The van der Waals surface area contributed by atoms with Crippen molar-refractivity contribution in [2.24, 2.45) is 0 Å². The number of benzene rings is 4. The lowest BCUT2D eigenvalue weighted by Crippen LogP contribution is -2.39. The zero-order valence-electron chi connectivity index (χ0n) is 24.2. The highest BCUT2D eigenvalue weighted by molar-refractivity contribution is 7.22. The van der Waals surface area contributed by atoms with E-state index in [1.807, 2.05) is 61.6 Å². The van der Waals surface area contributed by atoms with Crippen LogP contribution in [-0.2, 0) is 19.6 Å². The maximum absolute atomic E-state index is 14.9. The highest BCUT2D eigenvalue weighted by Gasteiger charge is 2.25. The van der Waals surface area contributed by atoms with Gasteiger partial charge in [-0.25, -0.2) is 18.1 Å². The van der Waals surface area contributed by atoms with Gasteiger partial charge in [0.25, 0.3) is 5.56 Å². The standard InChI is InChI=1S/C35H29F2N3O3S/c1-38(20-23-10-5-3-6-11-23)21-28-31-33(41)40(25-12-7-4-8-13-25)35(42)39(22-27-29(36)14-9-15-30(27)37)34(31)44-32(28)24-16-18-26(43-2)19-17-24/h3-19H,20-22H2,1-2H3. The molecule has 0 aliphatic rings. The molecule has 0 aliphatic carbocycles. The van der Waals surface area contributed by atoms with Crippen molar-refractivity contribution in [1.29, 1.82) is 0 Å². The van der Waals surface area contributed by atoms with Gasteiger partial charge in [-0.2, -0.15) is 0 Å². The van der Waals surface area contributed by atoms with Crippen molar-refractivity contribution >= 4 is 21.6 Å². The average Bonchev–Trinajstić information content (AvgIpc) is 3.40. The molecule has 0 spiro atoms. The zero-order valence-corrected chi connectivity index (χ0v) is 25.0. The van der Waals surface area contributed by atoms with Crippen LogP contribution in [0.4, 0.5) is 8.78 Å². The fourth-order valence-corrected chi connectivity index (χ4v) is 6.70. The second-order valence-electron chi connectivity index (χ2n) is 10.5. The van der Waals surface area contributed by atoms with Crippen LogP contribution in [0.1, 0.15) is 16.7 Å². The van der Waals surface area contributed by atoms with Gasteiger partial charge in [-0.3, -0.25) is 14.3 Å². The minimum atomic E-state index is -0.766. The summed E-state index contributed by atoms with van der Waals surface area (Å²) in [6, 6.07) is 29.7. The van der Waals surface area contributed by atoms with Crippen molar-refractivity contribution in [3.63, 3.8) is 0 Å². The van der Waals surface area contributed by atoms with E-state index in [0.717, 1.165) is 38.3 Å². The third-order valence-corrected chi connectivity index (χ3v) is 8.84. The average molecular weight is 610 g/mol. The van der Waals surface area contributed by atoms with Gasteiger partial charge in [-0.1, -0.05) is 54.6 Å². The number of aromatic nitrogens is 2. The minimum Gasteiger partial charge on any atom is -0.497 e. The normalized spacial score (nSPS) is 11.4. The Balaban J connectivity index is 1.64. The molecule has 0 saturated carbocycles. The van der Waals surface area contributed by atoms with Gasteiger partial charge in [0, 0.05) is 23.5 Å². The summed E-state index contributed by atoms with van der Waals surface area (Å²) in [5.74, 6) is -0.856. The molecule has 222 valence electrons. The van der Waals surface area contributed by atoms with E-state index in [9.17, 15) is 18.4 Å². The third kappa shape index (κ3) is 5.59. The molecule has 4 aromatic carbocycles. The van der Waals surface area contributed by atoms with Crippen LogP contribution in [0.15, 0.2) is 113 Å². The smallest absolute Gasteiger partial charge is 0.337 e. The molecule has 44 heavy (non-hydrogen) atoms. The minimum absolute atomic E-state index is 0.253. The van der Waals surface area contributed by atoms with E-state index >= 15 is 0 Å². The summed E-state index contributed by atoms with van der Waals surface area (Å²) in [4.78, 5) is 31.7. The molecule has 0 N–H and O–H groups in total. The fourth-order valence-electron chi connectivity index (χ4n) is 5.40. The number of halogens is 2. The Morgan fingerprint density at radius 2 is 1.41 bits per heavy atom. The Bertz CT molecular complexity index is 2030. The summed E-state index contributed by atoms with van der Waals surface area (Å²) < 4.78 is 37.6. The monoisotopic (exact) mass is 609 g/mol. The Morgan fingerprint density at radius 1 is 0.773 bits per heavy atom. The van der Waals surface area contributed by atoms with Crippen LogP contribution in [0.5, 0.6) is 5.75 Å². The second-order valence-corrected chi connectivity index (χ2v) is 11.5. The van der Waals surface area contributed by atoms with Crippen molar-refractivity contribution in [2.45, 2.75) is 19.6 Å². The lowest BCUT2D eigenvalue weighted by molar-refractivity contribution is 0.321. The van der Waals surface area contributed by atoms with Crippen LogP contribution in [0.25, 0.3) is 26.3 Å². The van der Waals surface area contributed by atoms with Crippen LogP contribution in [0, 0.1) is 11.6 Å². The molecule has 0 unspecified atom stereocenters. The summed E-state index contributed by atoms with van der Waals surface area (Å²) in [7, 11) is 3.56. The Morgan fingerprint density at radius 3 is 2.05 bits per heavy atom. The van der Waals surface area contributed by atoms with Crippen LogP contribution < -0.4 is 16.0 Å². The van der Waals surface area contributed by atoms with Crippen molar-refractivity contribution in [3.8, 4) is 21.9 Å². The molecule has 6 rings (SSSR count). The van der Waals surface area contributed by atoms with Gasteiger partial charge in [0.15, 0.2) is 0 Å². The molecule has 2 aromatic heterocycles. The number of hydrogen-bond donors (Lipinski definition) is 0. The van der Waals surface area contributed by atoms with E-state index in [-0.39, 0.29) is 12.1 Å². The first-order chi connectivity index (χ1) is 21.4. The van der Waals surface area contributed by atoms with Gasteiger partial charge in [-0.05, 0) is 72.3 Å². The van der Waals surface area contributed by atoms with E-state index in [1.54, 1.807) is 37.4 Å². The summed E-state index contributed by atoms with van der Waals surface area (Å²) in [6.45, 7) is 0.614. The number of methoxy groups -OCH3 is 1. The van der Waals surface area contributed by atoms with E-state index in [4.69, 9.17) is 4.74 Å². The van der Waals surface area contributed by atoms with Crippen LogP contribution >= 0.6 is 11.3 Å². The SMILES string of the molecule is COc1ccc(-c2sc3c(c2CN(C)Cc2ccccc2)c(=O)n(-c2ccccc2)c(=O)n3Cc2c(F)cccc2F)cc1. The van der Waals surface area contributed by atoms with Crippen LogP contribution in [-0.4, -0.2) is 28.2 Å². The number of ether oxygens (including phenoxy) is 1. The molecule has 0 atom stereocenters. The maximum Gasteiger partial charge on any atom is 0.337 e. The van der Waals surface area contributed by atoms with Crippen molar-refractivity contribution in [2.75, 3.05) is 14.2 Å². The topological polar surface area (TPSA) is 56.5 Å². The van der Waals surface area contributed by atoms with Gasteiger partial charge >= 0.3 is 5.69 Å². The molecule has 6 aromatic rings. The van der Waals surface area contributed by atoms with Gasteiger partial charge < -0.3 is 4.74 Å². The Labute approximate surface area is 256 Å². The van der Waals surface area contributed by atoms with Crippen molar-refractivity contribution < 1.29 is 13.5 Å². The summed E-state index contributed by atoms with van der Waals surface area (Å²) >= 11 is 1.27. The van der Waals surface area contributed by atoms with Gasteiger partial charge in [0.2, 0.25) is 0 Å². The first-order valence-corrected chi connectivity index (χ1v) is 14.8. The summed E-state index contributed by atoms with van der Waals surface area (Å²) in [5, 5.41) is 0.334. The Kier molecular flexibility index (Phi) is 8.23. The molecular weight excluding hydrogens is 580 g/mol. The summed E-state index contributed by atoms with van der Waals surface area (Å²) in [5.41, 5.74) is 1.62. The van der Waals surface area contributed by atoms with E-state index in [0.29, 0.717) is 34.7 Å². The molecule has 0 saturated heterocycles. The lowest BCUT2D eigenvalue weighted by Gasteiger charge is -2.18. The highest BCUT2D eigenvalue weighted by atomic mass is 32.1. The molecule has 2 heterocycles. The fraction of sp³-hybridized carbons (Fsp3) is 0.143. The molecule has 9 heteroatoms. The van der Waals surface area contributed by atoms with Crippen molar-refractivity contribution in [1.82, 2.24) is 14.0 Å². The number of para-hydroxylation sites is 1. The van der Waals surface area contributed by atoms with Gasteiger partial charge in [-0.15, -0.1) is 11.3 Å². The second kappa shape index (κ2) is 12.4. The summed E-state index contributed by atoms with van der Waals surface area (Å²) in [6.07, 6.45) is 0. The number of rotatable bonds is 9. The largest absolute Gasteiger partial charge is 0.497 e. The lowest BCUT2D eigenvalue weighted by atomic mass is 10.1. The van der Waals surface area contributed by atoms with Gasteiger partial charge in [0.05, 0.1) is 24.7 Å². The van der Waals surface area contributed by atoms with Gasteiger partial charge in [0.1, 0.15) is 22.2 Å². The number of fused-ring (bicyclic) bond motifs is 1. The van der Waals surface area contributed by atoms with E-state index in [2.05, 4.69) is 4.90 Å². The quantitative estimate of drug-likeness (QED) is 0.180. The molecule has 0 amide bonds. The van der Waals surface area contributed by atoms with Crippen molar-refractivity contribution in [3.05, 3.63) is 152 Å². The van der Waals surface area contributed by atoms with E-state index in [1.165, 1.54) is 22.0 Å². The molecule has 0 aliphatic heterocycles. The molecule has 0 radical (unpaired) electrons. The van der Waals surface area contributed by atoms with Crippen LogP contribution in [0.2, 0.25) is 0 Å². The predicted molar refractivity (Wildman–Crippen MR) is 171 cm³/mol. The first kappa shape index (κ1) is 29.2. The maximum atomic E-state index is 14.9.